The Morgan fingerprint density at radius 2 is 1.55 bits per heavy atom. The molecule has 0 saturated heterocycles. The van der Waals surface area contributed by atoms with E-state index in [1.165, 1.54) is 80.9 Å². The molecule has 0 bridgehead atoms. The summed E-state index contributed by atoms with van der Waals surface area (Å²) < 4.78 is 5.02. The molecule has 2 aromatic heterocycles. The Hall–Kier alpha value is -4.24. The van der Waals surface area contributed by atoms with Gasteiger partial charge in [-0.05, 0) is 118 Å². The van der Waals surface area contributed by atoms with Crippen molar-refractivity contribution in [2.24, 2.45) is 11.8 Å². The van der Waals surface area contributed by atoms with Crippen molar-refractivity contribution in [1.29, 1.82) is 0 Å². The van der Waals surface area contributed by atoms with Gasteiger partial charge in [0.15, 0.2) is 29.8 Å². The summed E-state index contributed by atoms with van der Waals surface area (Å²) in [6, 6.07) is 22.8. The van der Waals surface area contributed by atoms with Gasteiger partial charge in [-0.2, -0.15) is 9.13 Å². The zero-order chi connectivity index (χ0) is 34.8. The van der Waals surface area contributed by atoms with Crippen LogP contribution >= 0.6 is 0 Å². The van der Waals surface area contributed by atoms with Crippen LogP contribution in [0.1, 0.15) is 108 Å². The van der Waals surface area contributed by atoms with Gasteiger partial charge >= 0.3 is 0 Å². The Labute approximate surface area is 296 Å². The van der Waals surface area contributed by atoms with Gasteiger partial charge < -0.3 is 5.32 Å². The normalized spacial score (nSPS) is 21.9. The van der Waals surface area contributed by atoms with Gasteiger partial charge in [-0.15, -0.1) is 0 Å². The number of aromatic nitrogens is 2. The second-order valence-electron chi connectivity index (χ2n) is 15.3. The summed E-state index contributed by atoms with van der Waals surface area (Å²) in [6.07, 6.45) is 14.8. The van der Waals surface area contributed by atoms with Crippen LogP contribution in [0.2, 0.25) is 0 Å². The number of fused-ring (bicyclic) bond motifs is 3. The third-order valence-electron chi connectivity index (χ3n) is 11.3. The van der Waals surface area contributed by atoms with Crippen molar-refractivity contribution >= 4 is 11.4 Å². The van der Waals surface area contributed by atoms with E-state index in [9.17, 15) is 0 Å². The standard InChI is InChI=1S/C46H57N3/c1-10-15-42(45-33(5)16-13-17-34(45)6)47-23-14-20-44-46(40-19-12-11-18-39(40)43-22-21-30(2)28-49(43)44)37(9)48-29-41(35(7)27-36(48)8)38-25-31(3)24-32(4)26-38/h10-13,15-19,21-22,27-29,31-32,38,44,46-47H,1,9,14,20,23-26H2,2-8H3/q+2/b42-15-. The molecular formula is C46H57N3+2. The van der Waals surface area contributed by atoms with E-state index in [1.54, 1.807) is 0 Å². The average Bonchev–Trinajstić information content (AvgIpc) is 3.05. The van der Waals surface area contributed by atoms with Crippen LogP contribution in [-0.2, 0) is 0 Å². The van der Waals surface area contributed by atoms with Crippen LogP contribution in [0.5, 0.6) is 0 Å². The van der Waals surface area contributed by atoms with Gasteiger partial charge in [0.1, 0.15) is 5.92 Å². The van der Waals surface area contributed by atoms with Gasteiger partial charge in [0, 0.05) is 54.4 Å². The Bertz CT molecular complexity index is 1860. The molecule has 3 nitrogen and oxygen atoms in total. The fourth-order valence-corrected chi connectivity index (χ4v) is 9.23. The highest BCUT2D eigenvalue weighted by atomic mass is 15.1. The summed E-state index contributed by atoms with van der Waals surface area (Å²) in [4.78, 5) is 0. The smallest absolute Gasteiger partial charge is 0.213 e. The van der Waals surface area contributed by atoms with Gasteiger partial charge in [-0.1, -0.05) is 62.9 Å². The summed E-state index contributed by atoms with van der Waals surface area (Å²) in [6.45, 7) is 25.9. The minimum Gasteiger partial charge on any atom is -0.385 e. The molecule has 1 aliphatic carbocycles. The molecule has 2 aliphatic rings. The van der Waals surface area contributed by atoms with Crippen molar-refractivity contribution in [3.8, 4) is 11.3 Å². The molecule has 2 aromatic carbocycles. The van der Waals surface area contributed by atoms with Crippen LogP contribution in [0, 0.1) is 46.5 Å². The Balaban J connectivity index is 1.36. The van der Waals surface area contributed by atoms with Crippen LogP contribution in [0.4, 0.5) is 0 Å². The monoisotopic (exact) mass is 651 g/mol. The third-order valence-corrected chi connectivity index (χ3v) is 11.3. The number of allylic oxidation sites excluding steroid dienone is 3. The Morgan fingerprint density at radius 3 is 2.27 bits per heavy atom. The highest BCUT2D eigenvalue weighted by molar-refractivity contribution is 5.70. The van der Waals surface area contributed by atoms with E-state index in [0.717, 1.165) is 36.9 Å². The SMILES string of the molecule is C=C/C=C(\NCCCC1C(C(=C)[n+]2cc(C3CC(C)CC(C)C3)c(C)cc2C)c2ccccc2-c2ccc(C)c[n+]21)c1c(C)cccc1C. The van der Waals surface area contributed by atoms with E-state index in [-0.39, 0.29) is 12.0 Å². The van der Waals surface area contributed by atoms with Crippen molar-refractivity contribution in [2.45, 2.75) is 98.4 Å². The molecule has 254 valence electrons. The molecule has 1 saturated carbocycles. The fraction of sp³-hybridized carbons (Fsp3) is 0.391. The van der Waals surface area contributed by atoms with Gasteiger partial charge in [0.2, 0.25) is 5.69 Å². The molecule has 0 spiro atoms. The van der Waals surface area contributed by atoms with E-state index in [1.807, 2.05) is 6.08 Å². The molecule has 1 aliphatic heterocycles. The molecule has 3 heteroatoms. The van der Waals surface area contributed by atoms with Gasteiger partial charge in [0.25, 0.3) is 0 Å². The molecule has 4 aromatic rings. The minimum absolute atomic E-state index is 0.140. The van der Waals surface area contributed by atoms with E-state index in [2.05, 4.69) is 149 Å². The number of rotatable bonds is 10. The van der Waals surface area contributed by atoms with Crippen LogP contribution in [0.15, 0.2) is 98.4 Å². The molecule has 1 fully saturated rings. The number of aryl methyl sites for hydroxylation is 5. The molecule has 4 unspecified atom stereocenters. The molecule has 3 heterocycles. The molecule has 0 amide bonds. The summed E-state index contributed by atoms with van der Waals surface area (Å²) in [5.41, 5.74) is 15.6. The van der Waals surface area contributed by atoms with Crippen molar-refractivity contribution < 1.29 is 9.13 Å². The number of hydrogen-bond acceptors (Lipinski definition) is 1. The maximum atomic E-state index is 4.95. The maximum Gasteiger partial charge on any atom is 0.213 e. The number of nitrogens with one attached hydrogen (secondary N) is 1. The third kappa shape index (κ3) is 7.09. The second-order valence-corrected chi connectivity index (χ2v) is 15.3. The fourth-order valence-electron chi connectivity index (χ4n) is 9.23. The first-order valence-electron chi connectivity index (χ1n) is 18.5. The van der Waals surface area contributed by atoms with Crippen LogP contribution in [0.25, 0.3) is 22.7 Å². The van der Waals surface area contributed by atoms with Crippen LogP contribution < -0.4 is 14.5 Å². The lowest BCUT2D eigenvalue weighted by Gasteiger charge is -2.32. The van der Waals surface area contributed by atoms with Crippen LogP contribution in [0.3, 0.4) is 0 Å². The number of nitrogens with zero attached hydrogens (tertiary/aromatic N) is 2. The first-order valence-corrected chi connectivity index (χ1v) is 18.5. The lowest BCUT2D eigenvalue weighted by Crippen LogP contribution is -2.51. The number of hydrogen-bond donors (Lipinski definition) is 1. The summed E-state index contributed by atoms with van der Waals surface area (Å²) in [5.74, 6) is 2.27. The van der Waals surface area contributed by atoms with E-state index < -0.39 is 0 Å². The first-order chi connectivity index (χ1) is 23.6. The lowest BCUT2D eigenvalue weighted by atomic mass is 9.73. The van der Waals surface area contributed by atoms with Crippen molar-refractivity contribution in [3.63, 3.8) is 0 Å². The summed E-state index contributed by atoms with van der Waals surface area (Å²) in [7, 11) is 0. The molecule has 6 rings (SSSR count). The quantitative estimate of drug-likeness (QED) is 0.103. The van der Waals surface area contributed by atoms with Crippen molar-refractivity contribution in [1.82, 2.24) is 5.32 Å². The van der Waals surface area contributed by atoms with Crippen molar-refractivity contribution in [2.75, 3.05) is 6.54 Å². The molecule has 49 heavy (non-hydrogen) atoms. The Morgan fingerprint density at radius 1 is 0.837 bits per heavy atom. The molecule has 0 radical (unpaired) electrons. The predicted molar refractivity (Wildman–Crippen MR) is 206 cm³/mol. The molecule has 4 atom stereocenters. The topological polar surface area (TPSA) is 19.8 Å². The zero-order valence-electron chi connectivity index (χ0n) is 31.0. The van der Waals surface area contributed by atoms with Crippen molar-refractivity contribution in [3.05, 3.63) is 143 Å². The van der Waals surface area contributed by atoms with Gasteiger partial charge in [-0.25, -0.2) is 0 Å². The highest BCUT2D eigenvalue weighted by Crippen LogP contribution is 2.44. The summed E-state index contributed by atoms with van der Waals surface area (Å²) >= 11 is 0. The predicted octanol–water partition coefficient (Wildman–Crippen LogP) is 10.4. The first kappa shape index (κ1) is 34.6. The highest BCUT2D eigenvalue weighted by Gasteiger charge is 2.45. The Kier molecular flexibility index (Phi) is 10.4. The van der Waals surface area contributed by atoms with Gasteiger partial charge in [-0.3, -0.25) is 0 Å². The molecular weight excluding hydrogens is 595 g/mol. The molecule has 1 N–H and O–H groups in total. The zero-order valence-corrected chi connectivity index (χ0v) is 31.0. The van der Waals surface area contributed by atoms with E-state index >= 15 is 0 Å². The lowest BCUT2D eigenvalue weighted by molar-refractivity contribution is -0.721. The summed E-state index contributed by atoms with van der Waals surface area (Å²) in [5, 5.41) is 3.81. The maximum absolute atomic E-state index is 4.95. The largest absolute Gasteiger partial charge is 0.385 e. The second kappa shape index (κ2) is 14.7. The van der Waals surface area contributed by atoms with E-state index in [0.29, 0.717) is 5.92 Å². The van der Waals surface area contributed by atoms with Crippen LogP contribution in [-0.4, -0.2) is 6.54 Å². The average molecular weight is 652 g/mol. The van der Waals surface area contributed by atoms with E-state index in [4.69, 9.17) is 6.58 Å². The minimum atomic E-state index is 0.140. The van der Waals surface area contributed by atoms with Gasteiger partial charge in [0.05, 0.1) is 5.56 Å². The number of benzene rings is 2. The number of pyridine rings is 2.